The Kier molecular flexibility index (Phi) is 9.09. The zero-order valence-corrected chi connectivity index (χ0v) is 24.0. The van der Waals surface area contributed by atoms with E-state index in [2.05, 4.69) is 32.3 Å². The van der Waals surface area contributed by atoms with E-state index in [-0.39, 0.29) is 36.6 Å². The first-order valence-corrected chi connectivity index (χ1v) is 13.5. The van der Waals surface area contributed by atoms with Crippen molar-refractivity contribution in [3.63, 3.8) is 0 Å². The Balaban J connectivity index is 1.34. The van der Waals surface area contributed by atoms with E-state index in [4.69, 9.17) is 14.2 Å². The Morgan fingerprint density at radius 1 is 1.15 bits per heavy atom. The molecule has 0 aliphatic carbocycles. The molecule has 40 heavy (non-hydrogen) atoms. The summed E-state index contributed by atoms with van der Waals surface area (Å²) in [5.74, 6) is -0.580. The zero-order valence-electron chi connectivity index (χ0n) is 24.0. The Labute approximate surface area is 234 Å². The van der Waals surface area contributed by atoms with E-state index < -0.39 is 23.7 Å². The molecule has 0 bridgehead atoms. The number of rotatable bonds is 8. The largest absolute Gasteiger partial charge is 0.447 e. The smallest absolute Gasteiger partial charge is 0.416 e. The fourth-order valence-corrected chi connectivity index (χ4v) is 4.66. The SMILES string of the molecule is CO[C@H](C)[C@H]1COC(=O)N1c1cc(F)nc(N[C@@H](C)c2ccc(CN3CCN(C(=O)OC(C)(C)C)CC3)cc2)n1. The predicted molar refractivity (Wildman–Crippen MR) is 148 cm³/mol. The average Bonchev–Trinajstić information content (AvgIpc) is 3.29. The summed E-state index contributed by atoms with van der Waals surface area (Å²) in [6.45, 7) is 13.0. The van der Waals surface area contributed by atoms with Gasteiger partial charge in [0.1, 0.15) is 24.1 Å². The lowest BCUT2D eigenvalue weighted by atomic mass is 10.1. The maximum atomic E-state index is 14.5. The van der Waals surface area contributed by atoms with Crippen molar-refractivity contribution in [2.45, 2.75) is 65.0 Å². The van der Waals surface area contributed by atoms with Crippen molar-refractivity contribution in [1.29, 1.82) is 0 Å². The first-order valence-electron chi connectivity index (χ1n) is 13.5. The number of hydrogen-bond acceptors (Lipinski definition) is 9. The molecule has 218 valence electrons. The van der Waals surface area contributed by atoms with E-state index in [0.717, 1.165) is 36.8 Å². The number of ether oxygens (including phenoxy) is 3. The van der Waals surface area contributed by atoms with Crippen LogP contribution in [0.3, 0.4) is 0 Å². The second kappa shape index (κ2) is 12.3. The number of amides is 2. The molecule has 2 fully saturated rings. The molecule has 3 heterocycles. The molecule has 1 aromatic heterocycles. The number of carbonyl (C=O) groups excluding carboxylic acids is 2. The number of nitrogens with zero attached hydrogens (tertiary/aromatic N) is 5. The topological polar surface area (TPSA) is 109 Å². The summed E-state index contributed by atoms with van der Waals surface area (Å²) < 4.78 is 30.4. The van der Waals surface area contributed by atoms with E-state index in [1.54, 1.807) is 12.0 Å². The molecular weight excluding hydrogens is 519 g/mol. The number of piperazine rings is 1. The van der Waals surface area contributed by atoms with E-state index in [1.165, 1.54) is 4.90 Å². The third-order valence-corrected chi connectivity index (χ3v) is 7.00. The first kappa shape index (κ1) is 29.5. The molecule has 0 unspecified atom stereocenters. The summed E-state index contributed by atoms with van der Waals surface area (Å²) in [6.07, 6.45) is -1.20. The van der Waals surface area contributed by atoms with Crippen LogP contribution in [0.25, 0.3) is 0 Å². The lowest BCUT2D eigenvalue weighted by Crippen LogP contribution is -2.49. The highest BCUT2D eigenvalue weighted by atomic mass is 19.1. The lowest BCUT2D eigenvalue weighted by Gasteiger charge is -2.35. The summed E-state index contributed by atoms with van der Waals surface area (Å²) >= 11 is 0. The number of anilines is 2. The van der Waals surface area contributed by atoms with Crippen LogP contribution >= 0.6 is 0 Å². The predicted octanol–water partition coefficient (Wildman–Crippen LogP) is 4.20. The minimum absolute atomic E-state index is 0.0676. The Hall–Kier alpha value is -3.51. The van der Waals surface area contributed by atoms with Crippen molar-refractivity contribution >= 4 is 24.0 Å². The van der Waals surface area contributed by atoms with Crippen LogP contribution in [0.1, 0.15) is 51.8 Å². The van der Waals surface area contributed by atoms with Crippen LogP contribution in [0, 0.1) is 5.95 Å². The van der Waals surface area contributed by atoms with E-state index >= 15 is 0 Å². The fourth-order valence-electron chi connectivity index (χ4n) is 4.66. The molecule has 11 nitrogen and oxygen atoms in total. The molecule has 12 heteroatoms. The number of cyclic esters (lactones) is 1. The molecule has 2 amide bonds. The Morgan fingerprint density at radius 3 is 2.45 bits per heavy atom. The molecule has 1 N–H and O–H groups in total. The fraction of sp³-hybridized carbons (Fsp3) is 0.571. The van der Waals surface area contributed by atoms with Crippen molar-refractivity contribution in [1.82, 2.24) is 19.8 Å². The van der Waals surface area contributed by atoms with Crippen LogP contribution in [0.2, 0.25) is 0 Å². The molecule has 4 rings (SSSR count). The molecule has 0 radical (unpaired) electrons. The van der Waals surface area contributed by atoms with E-state index in [9.17, 15) is 14.0 Å². The number of benzene rings is 1. The molecule has 2 aliphatic heterocycles. The lowest BCUT2D eigenvalue weighted by molar-refractivity contribution is 0.0139. The maximum Gasteiger partial charge on any atom is 0.416 e. The van der Waals surface area contributed by atoms with Gasteiger partial charge in [0, 0.05) is 45.9 Å². The van der Waals surface area contributed by atoms with Crippen LogP contribution in [-0.2, 0) is 20.8 Å². The van der Waals surface area contributed by atoms with Gasteiger partial charge in [-0.05, 0) is 45.7 Å². The number of carbonyl (C=O) groups is 2. The van der Waals surface area contributed by atoms with Gasteiger partial charge in [-0.25, -0.2) is 9.59 Å². The van der Waals surface area contributed by atoms with Gasteiger partial charge in [0.15, 0.2) is 0 Å². The summed E-state index contributed by atoms with van der Waals surface area (Å²) in [4.78, 5) is 38.3. The van der Waals surface area contributed by atoms with Gasteiger partial charge in [0.25, 0.3) is 0 Å². The van der Waals surface area contributed by atoms with Crippen molar-refractivity contribution < 1.29 is 28.2 Å². The van der Waals surface area contributed by atoms with Gasteiger partial charge in [0.2, 0.25) is 11.9 Å². The number of hydrogen-bond donors (Lipinski definition) is 1. The highest BCUT2D eigenvalue weighted by Crippen LogP contribution is 2.27. The van der Waals surface area contributed by atoms with Gasteiger partial charge >= 0.3 is 12.2 Å². The first-order chi connectivity index (χ1) is 18.9. The maximum absolute atomic E-state index is 14.5. The number of aromatic nitrogens is 2. The normalized spacial score (nSPS) is 19.8. The van der Waals surface area contributed by atoms with Crippen LogP contribution in [0.4, 0.5) is 25.7 Å². The molecule has 2 aromatic rings. The van der Waals surface area contributed by atoms with E-state index in [1.807, 2.05) is 46.8 Å². The van der Waals surface area contributed by atoms with Crippen molar-refractivity contribution in [3.05, 3.63) is 47.4 Å². The molecule has 0 saturated carbocycles. The second-order valence-electron chi connectivity index (χ2n) is 11.2. The van der Waals surface area contributed by atoms with Crippen molar-refractivity contribution in [2.24, 2.45) is 0 Å². The minimum Gasteiger partial charge on any atom is -0.447 e. The van der Waals surface area contributed by atoms with Gasteiger partial charge in [-0.2, -0.15) is 14.4 Å². The number of methoxy groups -OCH3 is 1. The summed E-state index contributed by atoms with van der Waals surface area (Å²) in [6, 6.07) is 8.60. The standard InChI is InChI=1S/C28H39FN6O5/c1-18(30-25-31-23(29)15-24(32-25)35-22(19(2)38-6)17-39-27(35)37)21-9-7-20(8-10-21)16-33-11-13-34(14-12-33)26(36)40-28(3,4)5/h7-10,15,18-19,22H,11-14,16-17H2,1-6H3,(H,30,31,32)/t18-,19+,22+/m0/s1. The van der Waals surface area contributed by atoms with Gasteiger partial charge in [-0.1, -0.05) is 24.3 Å². The quantitative estimate of drug-likeness (QED) is 0.477. The molecule has 2 saturated heterocycles. The highest BCUT2D eigenvalue weighted by molar-refractivity contribution is 5.89. The third kappa shape index (κ3) is 7.36. The summed E-state index contributed by atoms with van der Waals surface area (Å²) in [5.41, 5.74) is 1.62. The van der Waals surface area contributed by atoms with Crippen LogP contribution in [0.5, 0.6) is 0 Å². The summed E-state index contributed by atoms with van der Waals surface area (Å²) in [7, 11) is 1.54. The molecule has 2 aliphatic rings. The minimum atomic E-state index is -0.759. The van der Waals surface area contributed by atoms with Gasteiger partial charge in [-0.3, -0.25) is 9.80 Å². The number of nitrogens with one attached hydrogen (secondary N) is 1. The van der Waals surface area contributed by atoms with Crippen LogP contribution in [-0.4, -0.2) is 89.6 Å². The number of halogens is 1. The zero-order chi connectivity index (χ0) is 29.0. The van der Waals surface area contributed by atoms with Gasteiger partial charge in [0.05, 0.1) is 12.1 Å². The highest BCUT2D eigenvalue weighted by Gasteiger charge is 2.39. The van der Waals surface area contributed by atoms with Gasteiger partial charge < -0.3 is 24.4 Å². The average molecular weight is 559 g/mol. The van der Waals surface area contributed by atoms with E-state index in [0.29, 0.717) is 13.1 Å². The van der Waals surface area contributed by atoms with Crippen LogP contribution in [0.15, 0.2) is 30.3 Å². The monoisotopic (exact) mass is 558 g/mol. The molecule has 3 atom stereocenters. The summed E-state index contributed by atoms with van der Waals surface area (Å²) in [5, 5.41) is 3.14. The third-order valence-electron chi connectivity index (χ3n) is 7.00. The van der Waals surface area contributed by atoms with Crippen LogP contribution < -0.4 is 10.2 Å². The Bertz CT molecular complexity index is 1180. The molecular formula is C28H39FN6O5. The second-order valence-corrected chi connectivity index (χ2v) is 11.2. The Morgan fingerprint density at radius 2 is 1.82 bits per heavy atom. The van der Waals surface area contributed by atoms with Gasteiger partial charge in [-0.15, -0.1) is 0 Å². The van der Waals surface area contributed by atoms with Crippen molar-refractivity contribution in [2.75, 3.05) is 50.1 Å². The van der Waals surface area contributed by atoms with Crippen molar-refractivity contribution in [3.8, 4) is 0 Å². The molecule has 1 aromatic carbocycles. The molecule has 0 spiro atoms.